The fourth-order valence-electron chi connectivity index (χ4n) is 1.80. The number of primary amides is 1. The first-order chi connectivity index (χ1) is 12.2. The van der Waals surface area contributed by atoms with Gasteiger partial charge in [0, 0.05) is 6.54 Å². The number of aromatic nitrogens is 2. The van der Waals surface area contributed by atoms with Gasteiger partial charge >= 0.3 is 6.09 Å². The van der Waals surface area contributed by atoms with E-state index in [9.17, 15) is 9.59 Å². The Hall–Kier alpha value is -1.68. The predicted molar refractivity (Wildman–Crippen MR) is 103 cm³/mol. The molecule has 8 nitrogen and oxygen atoms in total. The summed E-state index contributed by atoms with van der Waals surface area (Å²) in [5.74, 6) is 0.331. The molecule has 146 valence electrons. The molecule has 0 saturated heterocycles. The first kappa shape index (κ1) is 22.4. The molecule has 0 atom stereocenters. The van der Waals surface area contributed by atoms with Crippen molar-refractivity contribution in [3.05, 3.63) is 5.56 Å². The minimum absolute atomic E-state index is 0.171. The maximum atomic E-state index is 11.8. The first-order valence-electron chi connectivity index (χ1n) is 8.16. The number of nitrogens with zero attached hydrogens (tertiary/aromatic N) is 2. The lowest BCUT2D eigenvalue weighted by Crippen LogP contribution is -2.33. The fourth-order valence-corrected chi connectivity index (χ4v) is 2.99. The fraction of sp³-hybridized carbons (Fsp3) is 0.625. The summed E-state index contributed by atoms with van der Waals surface area (Å²) in [6.07, 6.45) is 1.85. The highest BCUT2D eigenvalue weighted by atomic mass is 32.2. The first-order valence-corrected chi connectivity index (χ1v) is 10.4. The topological polar surface area (TPSA) is 116 Å². The van der Waals surface area contributed by atoms with Crippen LogP contribution in [0.15, 0.2) is 10.2 Å². The van der Waals surface area contributed by atoms with Crippen LogP contribution < -0.4 is 15.8 Å². The van der Waals surface area contributed by atoms with E-state index in [1.165, 1.54) is 23.5 Å². The molecule has 2 amide bonds. The zero-order valence-corrected chi connectivity index (χ0v) is 17.4. The summed E-state index contributed by atoms with van der Waals surface area (Å²) >= 11 is 2.76. The van der Waals surface area contributed by atoms with Gasteiger partial charge in [0.15, 0.2) is 5.16 Å². The second-order valence-electron chi connectivity index (χ2n) is 6.12. The van der Waals surface area contributed by atoms with E-state index in [0.717, 1.165) is 5.75 Å². The molecule has 10 heteroatoms. The molecule has 1 heterocycles. The third kappa shape index (κ3) is 7.69. The van der Waals surface area contributed by atoms with Crippen molar-refractivity contribution in [1.29, 1.82) is 0 Å². The van der Waals surface area contributed by atoms with Crippen molar-refractivity contribution in [1.82, 2.24) is 15.3 Å². The molecule has 0 aliphatic heterocycles. The second-order valence-corrected chi connectivity index (χ2v) is 8.15. The maximum Gasteiger partial charge on any atom is 0.407 e. The largest absolute Gasteiger partial charge is 0.477 e. The van der Waals surface area contributed by atoms with Gasteiger partial charge in [-0.3, -0.25) is 4.79 Å². The predicted octanol–water partition coefficient (Wildman–Crippen LogP) is 2.70. The van der Waals surface area contributed by atoms with Crippen LogP contribution in [0.5, 0.6) is 5.88 Å². The highest BCUT2D eigenvalue weighted by Gasteiger charge is 2.20. The van der Waals surface area contributed by atoms with Crippen molar-refractivity contribution in [2.45, 2.75) is 49.9 Å². The van der Waals surface area contributed by atoms with Crippen LogP contribution in [-0.4, -0.2) is 52.7 Å². The Kier molecular flexibility index (Phi) is 9.00. The molecule has 0 aliphatic carbocycles. The zero-order chi connectivity index (χ0) is 19.7. The molecule has 0 unspecified atom stereocenters. The minimum atomic E-state index is -0.635. The molecular formula is C16H26N4O4S2. The van der Waals surface area contributed by atoms with E-state index >= 15 is 0 Å². The molecular weight excluding hydrogens is 376 g/mol. The van der Waals surface area contributed by atoms with E-state index in [1.54, 1.807) is 20.8 Å². The molecule has 0 fully saturated rings. The van der Waals surface area contributed by atoms with Gasteiger partial charge in [0.05, 0.1) is 6.61 Å². The van der Waals surface area contributed by atoms with Crippen molar-refractivity contribution in [3.8, 4) is 5.88 Å². The summed E-state index contributed by atoms with van der Waals surface area (Å²) in [6.45, 7) is 8.01. The standard InChI is InChI=1S/C16H26N4O4S2/c1-6-26-14-19-12(10(11(17)21)13(20-14)25-5)23-9-7-8-18-15(22)24-16(2,3)4/h6-9H2,1-5H3,(H2,17,21)(H,18,22). The highest BCUT2D eigenvalue weighted by Crippen LogP contribution is 2.28. The molecule has 0 spiro atoms. The summed E-state index contributed by atoms with van der Waals surface area (Å²) in [6, 6.07) is 0. The summed E-state index contributed by atoms with van der Waals surface area (Å²) in [5, 5.41) is 3.67. The van der Waals surface area contributed by atoms with Crippen molar-refractivity contribution in [2.24, 2.45) is 5.73 Å². The number of nitrogens with one attached hydrogen (secondary N) is 1. The van der Waals surface area contributed by atoms with E-state index in [2.05, 4.69) is 15.3 Å². The van der Waals surface area contributed by atoms with Crippen LogP contribution in [0.3, 0.4) is 0 Å². The summed E-state index contributed by atoms with van der Waals surface area (Å²) in [4.78, 5) is 31.9. The van der Waals surface area contributed by atoms with Crippen molar-refractivity contribution < 1.29 is 19.1 Å². The number of ether oxygens (including phenoxy) is 2. The number of hydrogen-bond acceptors (Lipinski definition) is 8. The van der Waals surface area contributed by atoms with Gasteiger partial charge in [-0.05, 0) is 39.2 Å². The second kappa shape index (κ2) is 10.5. The molecule has 0 aliphatic rings. The number of rotatable bonds is 9. The van der Waals surface area contributed by atoms with Gasteiger partial charge in [-0.2, -0.15) is 4.98 Å². The van der Waals surface area contributed by atoms with Gasteiger partial charge in [-0.25, -0.2) is 9.78 Å². The van der Waals surface area contributed by atoms with Crippen LogP contribution in [0.25, 0.3) is 0 Å². The molecule has 26 heavy (non-hydrogen) atoms. The number of carbonyl (C=O) groups excluding carboxylic acids is 2. The average Bonchev–Trinajstić information content (AvgIpc) is 2.52. The van der Waals surface area contributed by atoms with Crippen LogP contribution in [0, 0.1) is 0 Å². The summed E-state index contributed by atoms with van der Waals surface area (Å²) in [5.41, 5.74) is 5.09. The number of thioether (sulfide) groups is 2. The van der Waals surface area contributed by atoms with Crippen molar-refractivity contribution in [2.75, 3.05) is 25.2 Å². The molecule has 1 aromatic rings. The van der Waals surface area contributed by atoms with Crippen LogP contribution in [-0.2, 0) is 4.74 Å². The minimum Gasteiger partial charge on any atom is -0.477 e. The van der Waals surface area contributed by atoms with Gasteiger partial charge < -0.3 is 20.5 Å². The normalized spacial score (nSPS) is 11.1. The number of amides is 2. The third-order valence-corrected chi connectivity index (χ3v) is 4.17. The zero-order valence-electron chi connectivity index (χ0n) is 15.7. The summed E-state index contributed by atoms with van der Waals surface area (Å²) in [7, 11) is 0. The van der Waals surface area contributed by atoms with Gasteiger partial charge in [-0.15, -0.1) is 11.8 Å². The number of nitrogens with two attached hydrogens (primary N) is 1. The number of hydrogen-bond donors (Lipinski definition) is 2. The van der Waals surface area contributed by atoms with Gasteiger partial charge in [-0.1, -0.05) is 18.7 Å². The quantitative estimate of drug-likeness (QED) is 0.280. The van der Waals surface area contributed by atoms with Crippen molar-refractivity contribution >= 4 is 35.5 Å². The van der Waals surface area contributed by atoms with Crippen molar-refractivity contribution in [3.63, 3.8) is 0 Å². The summed E-state index contributed by atoms with van der Waals surface area (Å²) < 4.78 is 10.8. The highest BCUT2D eigenvalue weighted by molar-refractivity contribution is 7.99. The maximum absolute atomic E-state index is 11.8. The lowest BCUT2D eigenvalue weighted by atomic mass is 10.2. The molecule has 1 rings (SSSR count). The third-order valence-electron chi connectivity index (χ3n) is 2.76. The number of carbonyl (C=O) groups is 2. The Balaban J connectivity index is 2.66. The molecule has 0 bridgehead atoms. The Bertz CT molecular complexity index is 635. The van der Waals surface area contributed by atoms with Crippen LogP contribution in [0.2, 0.25) is 0 Å². The van der Waals surface area contributed by atoms with E-state index in [4.69, 9.17) is 15.2 Å². The molecule has 0 aromatic carbocycles. The van der Waals surface area contributed by atoms with Crippen LogP contribution in [0.1, 0.15) is 44.5 Å². The van der Waals surface area contributed by atoms with E-state index in [0.29, 0.717) is 23.1 Å². The van der Waals surface area contributed by atoms with E-state index in [-0.39, 0.29) is 18.1 Å². The van der Waals surface area contributed by atoms with E-state index < -0.39 is 17.6 Å². The Morgan fingerprint density at radius 1 is 1.27 bits per heavy atom. The molecule has 1 aromatic heterocycles. The van der Waals surface area contributed by atoms with E-state index in [1.807, 2.05) is 13.2 Å². The SMILES string of the molecule is CCSc1nc(OCCCNC(=O)OC(C)(C)C)c(C(N)=O)c(SC)n1. The van der Waals surface area contributed by atoms with Gasteiger partial charge in [0.2, 0.25) is 5.88 Å². The smallest absolute Gasteiger partial charge is 0.407 e. The monoisotopic (exact) mass is 402 g/mol. The molecule has 3 N–H and O–H groups in total. The molecule has 0 saturated carbocycles. The Morgan fingerprint density at radius 2 is 1.96 bits per heavy atom. The Labute approximate surface area is 162 Å². The van der Waals surface area contributed by atoms with Gasteiger partial charge in [0.25, 0.3) is 5.91 Å². The molecule has 0 radical (unpaired) electrons. The van der Waals surface area contributed by atoms with Crippen LogP contribution in [0.4, 0.5) is 4.79 Å². The lowest BCUT2D eigenvalue weighted by Gasteiger charge is -2.19. The number of alkyl carbamates (subject to hydrolysis) is 1. The Morgan fingerprint density at radius 3 is 2.50 bits per heavy atom. The van der Waals surface area contributed by atoms with Crippen LogP contribution >= 0.6 is 23.5 Å². The lowest BCUT2D eigenvalue weighted by molar-refractivity contribution is 0.0525. The van der Waals surface area contributed by atoms with Gasteiger partial charge in [0.1, 0.15) is 16.2 Å². The average molecular weight is 403 g/mol.